The highest BCUT2D eigenvalue weighted by atomic mass is 35.5. The third-order valence-electron chi connectivity index (χ3n) is 5.45. The quantitative estimate of drug-likeness (QED) is 0.485. The highest BCUT2D eigenvalue weighted by Crippen LogP contribution is 2.36. The van der Waals surface area contributed by atoms with Crippen molar-refractivity contribution < 1.29 is 13.9 Å². The Labute approximate surface area is 196 Å². The monoisotopic (exact) mass is 475 g/mol. The molecule has 1 aliphatic rings. The standard InChI is InChI=1S/C24H27ClFN3O2S/c1-24(2,3)31-23(30)28-18-7-9-29(10-8-18)13-16-12-19-22(27-14-32-19)20(21(16)26)15-5-4-6-17(25)11-15/h4-6,11-12,14,18H,7-10,13H2,1-3H3,(H,28,30). The van der Waals surface area contributed by atoms with Crippen LogP contribution in [0.3, 0.4) is 0 Å². The molecule has 2 heterocycles. The molecular formula is C24H27ClFN3O2S. The smallest absolute Gasteiger partial charge is 0.407 e. The minimum atomic E-state index is -0.516. The van der Waals surface area contributed by atoms with Gasteiger partial charge in [-0.05, 0) is 57.4 Å². The molecule has 1 amide bonds. The zero-order valence-electron chi connectivity index (χ0n) is 18.5. The normalized spacial score (nSPS) is 15.8. The van der Waals surface area contributed by atoms with Gasteiger partial charge in [-0.25, -0.2) is 14.2 Å². The summed E-state index contributed by atoms with van der Waals surface area (Å²) in [5, 5.41) is 3.51. The number of carbonyl (C=O) groups is 1. The van der Waals surface area contributed by atoms with Gasteiger partial charge in [0.25, 0.3) is 0 Å². The van der Waals surface area contributed by atoms with Crippen LogP contribution in [0.15, 0.2) is 35.8 Å². The highest BCUT2D eigenvalue weighted by molar-refractivity contribution is 7.16. The van der Waals surface area contributed by atoms with E-state index >= 15 is 4.39 Å². The first-order valence-corrected chi connectivity index (χ1v) is 12.0. The number of fused-ring (bicyclic) bond motifs is 1. The van der Waals surface area contributed by atoms with Gasteiger partial charge < -0.3 is 10.1 Å². The van der Waals surface area contributed by atoms with Crippen molar-refractivity contribution in [2.45, 2.75) is 51.8 Å². The molecule has 170 valence electrons. The minimum absolute atomic E-state index is 0.0666. The maximum Gasteiger partial charge on any atom is 0.407 e. The molecule has 0 spiro atoms. The average molecular weight is 476 g/mol. The molecule has 0 radical (unpaired) electrons. The number of ether oxygens (including phenoxy) is 1. The van der Waals surface area contributed by atoms with E-state index in [1.807, 2.05) is 39.0 Å². The lowest BCUT2D eigenvalue weighted by molar-refractivity contribution is 0.0477. The summed E-state index contributed by atoms with van der Waals surface area (Å²) in [6, 6.07) is 9.21. The van der Waals surface area contributed by atoms with Crippen molar-refractivity contribution in [3.05, 3.63) is 52.2 Å². The second-order valence-electron chi connectivity index (χ2n) is 9.13. The van der Waals surface area contributed by atoms with Gasteiger partial charge in [0.15, 0.2) is 0 Å². The first kappa shape index (κ1) is 23.0. The number of hydrogen-bond donors (Lipinski definition) is 1. The van der Waals surface area contributed by atoms with Crippen molar-refractivity contribution in [2.24, 2.45) is 0 Å². The molecule has 0 saturated carbocycles. The number of halogens is 2. The Morgan fingerprint density at radius 1 is 1.31 bits per heavy atom. The van der Waals surface area contributed by atoms with Crippen molar-refractivity contribution in [3.8, 4) is 11.1 Å². The number of thiazole rings is 1. The summed E-state index contributed by atoms with van der Waals surface area (Å²) in [6.07, 6.45) is 1.21. The number of nitrogens with one attached hydrogen (secondary N) is 1. The maximum absolute atomic E-state index is 15.7. The molecule has 5 nitrogen and oxygen atoms in total. The van der Waals surface area contributed by atoms with E-state index < -0.39 is 5.60 Å². The van der Waals surface area contributed by atoms with Gasteiger partial charge in [-0.2, -0.15) is 0 Å². The molecule has 4 rings (SSSR count). The molecule has 0 atom stereocenters. The molecule has 0 unspecified atom stereocenters. The Bertz CT molecular complexity index is 1120. The van der Waals surface area contributed by atoms with E-state index in [-0.39, 0.29) is 18.0 Å². The molecule has 1 aromatic heterocycles. The average Bonchev–Trinajstić information content (AvgIpc) is 3.16. The van der Waals surface area contributed by atoms with Gasteiger partial charge in [0, 0.05) is 41.8 Å². The second kappa shape index (κ2) is 9.33. The molecule has 32 heavy (non-hydrogen) atoms. The van der Waals surface area contributed by atoms with Gasteiger partial charge >= 0.3 is 6.09 Å². The van der Waals surface area contributed by atoms with E-state index in [4.69, 9.17) is 16.3 Å². The lowest BCUT2D eigenvalue weighted by atomic mass is 9.99. The molecule has 2 aromatic carbocycles. The molecular weight excluding hydrogens is 449 g/mol. The molecule has 0 bridgehead atoms. The fourth-order valence-corrected chi connectivity index (χ4v) is 4.94. The van der Waals surface area contributed by atoms with Crippen LogP contribution in [0.25, 0.3) is 21.3 Å². The van der Waals surface area contributed by atoms with Crippen LogP contribution < -0.4 is 5.32 Å². The summed E-state index contributed by atoms with van der Waals surface area (Å²) in [6.45, 7) is 7.59. The minimum Gasteiger partial charge on any atom is -0.444 e. The van der Waals surface area contributed by atoms with Crippen molar-refractivity contribution in [3.63, 3.8) is 0 Å². The second-order valence-corrected chi connectivity index (χ2v) is 10.5. The lowest BCUT2D eigenvalue weighted by Gasteiger charge is -2.33. The number of likely N-dealkylation sites (tertiary alicyclic amines) is 1. The van der Waals surface area contributed by atoms with Crippen LogP contribution in [0, 0.1) is 5.82 Å². The fraction of sp³-hybridized carbons (Fsp3) is 0.417. The van der Waals surface area contributed by atoms with Crippen LogP contribution in [0.2, 0.25) is 5.02 Å². The number of nitrogens with zero attached hydrogens (tertiary/aromatic N) is 2. The molecule has 1 saturated heterocycles. The maximum atomic E-state index is 15.7. The van der Waals surface area contributed by atoms with Crippen LogP contribution in [-0.2, 0) is 11.3 Å². The Hall–Kier alpha value is -2.22. The topological polar surface area (TPSA) is 54.5 Å². The van der Waals surface area contributed by atoms with Gasteiger partial charge in [0.05, 0.1) is 15.7 Å². The predicted molar refractivity (Wildman–Crippen MR) is 128 cm³/mol. The van der Waals surface area contributed by atoms with Crippen molar-refractivity contribution >= 4 is 39.2 Å². The van der Waals surface area contributed by atoms with Crippen molar-refractivity contribution in [1.82, 2.24) is 15.2 Å². The third kappa shape index (κ3) is 5.39. The van der Waals surface area contributed by atoms with Gasteiger partial charge in [-0.1, -0.05) is 23.7 Å². The van der Waals surface area contributed by atoms with E-state index in [9.17, 15) is 4.79 Å². The number of alkyl carbamates (subject to hydrolysis) is 1. The number of benzene rings is 2. The zero-order valence-corrected chi connectivity index (χ0v) is 20.0. The summed E-state index contributed by atoms with van der Waals surface area (Å²) < 4.78 is 22.0. The summed E-state index contributed by atoms with van der Waals surface area (Å²) in [7, 11) is 0. The number of rotatable bonds is 4. The van der Waals surface area contributed by atoms with Crippen LogP contribution in [0.5, 0.6) is 0 Å². The number of hydrogen-bond acceptors (Lipinski definition) is 5. The Morgan fingerprint density at radius 2 is 2.06 bits per heavy atom. The van der Waals surface area contributed by atoms with Crippen LogP contribution in [-0.4, -0.2) is 40.7 Å². The first-order chi connectivity index (χ1) is 15.2. The van der Waals surface area contributed by atoms with Crippen molar-refractivity contribution in [1.29, 1.82) is 0 Å². The number of piperidine rings is 1. The summed E-state index contributed by atoms with van der Waals surface area (Å²) >= 11 is 7.67. The van der Waals surface area contributed by atoms with Gasteiger partial charge in [-0.15, -0.1) is 11.3 Å². The Kier molecular flexibility index (Phi) is 6.70. The lowest BCUT2D eigenvalue weighted by Crippen LogP contribution is -2.45. The SMILES string of the molecule is CC(C)(C)OC(=O)NC1CCN(Cc2cc3scnc3c(-c3cccc(Cl)c3)c2F)CC1. The van der Waals surface area contributed by atoms with Gasteiger partial charge in [-0.3, -0.25) is 4.90 Å². The van der Waals surface area contributed by atoms with Crippen LogP contribution >= 0.6 is 22.9 Å². The molecule has 3 aromatic rings. The Balaban J connectivity index is 1.48. The van der Waals surface area contributed by atoms with Gasteiger partial charge in [0.2, 0.25) is 0 Å². The predicted octanol–water partition coefficient (Wildman–Crippen LogP) is 6.24. The number of carbonyl (C=O) groups excluding carboxylic acids is 1. The molecule has 8 heteroatoms. The van der Waals surface area contributed by atoms with E-state index in [0.29, 0.717) is 28.2 Å². The molecule has 0 aliphatic carbocycles. The summed E-state index contributed by atoms with van der Waals surface area (Å²) in [5.41, 5.74) is 3.78. The van der Waals surface area contributed by atoms with E-state index in [2.05, 4.69) is 15.2 Å². The van der Waals surface area contributed by atoms with E-state index in [0.717, 1.165) is 36.2 Å². The highest BCUT2D eigenvalue weighted by Gasteiger charge is 2.25. The molecule has 1 fully saturated rings. The summed E-state index contributed by atoms with van der Waals surface area (Å²) in [5.74, 6) is -0.250. The van der Waals surface area contributed by atoms with Gasteiger partial charge in [0.1, 0.15) is 11.4 Å². The van der Waals surface area contributed by atoms with Crippen molar-refractivity contribution in [2.75, 3.05) is 13.1 Å². The molecule has 1 aliphatic heterocycles. The third-order valence-corrected chi connectivity index (χ3v) is 6.47. The molecule has 1 N–H and O–H groups in total. The summed E-state index contributed by atoms with van der Waals surface area (Å²) in [4.78, 5) is 18.7. The number of aromatic nitrogens is 1. The fourth-order valence-electron chi connectivity index (χ4n) is 4.00. The zero-order chi connectivity index (χ0) is 22.9. The van der Waals surface area contributed by atoms with E-state index in [1.54, 1.807) is 17.6 Å². The van der Waals surface area contributed by atoms with Crippen LogP contribution in [0.1, 0.15) is 39.2 Å². The van der Waals surface area contributed by atoms with Crippen LogP contribution in [0.4, 0.5) is 9.18 Å². The van der Waals surface area contributed by atoms with E-state index in [1.165, 1.54) is 11.3 Å². The Morgan fingerprint density at radius 3 is 2.75 bits per heavy atom. The first-order valence-electron chi connectivity index (χ1n) is 10.7. The largest absolute Gasteiger partial charge is 0.444 e. The number of amides is 1.